The number of benzene rings is 1. The van der Waals surface area contributed by atoms with Crippen molar-refractivity contribution in [2.24, 2.45) is 0 Å². The topological polar surface area (TPSA) is 44.4 Å². The van der Waals surface area contributed by atoms with E-state index in [0.717, 1.165) is 24.6 Å². The van der Waals surface area contributed by atoms with E-state index in [9.17, 15) is 4.79 Å². The second-order valence-electron chi connectivity index (χ2n) is 7.90. The molecule has 0 aromatic heterocycles. The average molecular weight is 362 g/mol. The minimum atomic E-state index is -0.0975. The molecule has 136 valence electrons. The van der Waals surface area contributed by atoms with Crippen molar-refractivity contribution in [2.75, 3.05) is 5.32 Å². The van der Waals surface area contributed by atoms with Gasteiger partial charge < -0.3 is 10.6 Å². The first-order chi connectivity index (χ1) is 12.2. The monoisotopic (exact) mass is 361 g/mol. The van der Waals surface area contributed by atoms with Crippen molar-refractivity contribution in [1.82, 2.24) is 10.2 Å². The van der Waals surface area contributed by atoms with E-state index in [2.05, 4.69) is 15.5 Å². The Kier molecular flexibility index (Phi) is 5.18. The number of halogens is 1. The Morgan fingerprint density at radius 3 is 2.16 bits per heavy atom. The third kappa shape index (κ3) is 3.95. The van der Waals surface area contributed by atoms with Crippen LogP contribution in [0.5, 0.6) is 0 Å². The van der Waals surface area contributed by atoms with Gasteiger partial charge in [0.2, 0.25) is 0 Å². The zero-order valence-electron chi connectivity index (χ0n) is 14.7. The normalized spacial score (nSPS) is 30.2. The molecular formula is C20H28ClN3O. The summed E-state index contributed by atoms with van der Waals surface area (Å²) in [6.45, 7) is 0. The van der Waals surface area contributed by atoms with Crippen LogP contribution in [0.15, 0.2) is 24.3 Å². The molecule has 2 aliphatic heterocycles. The van der Waals surface area contributed by atoms with E-state index >= 15 is 0 Å². The van der Waals surface area contributed by atoms with E-state index in [-0.39, 0.29) is 6.03 Å². The van der Waals surface area contributed by atoms with Gasteiger partial charge in [0.15, 0.2) is 0 Å². The summed E-state index contributed by atoms with van der Waals surface area (Å²) >= 11 is 5.89. The number of anilines is 1. The van der Waals surface area contributed by atoms with E-state index in [1.165, 1.54) is 44.9 Å². The minimum Gasteiger partial charge on any atom is -0.335 e. The molecule has 5 heteroatoms. The number of hydrogen-bond acceptors (Lipinski definition) is 2. The summed E-state index contributed by atoms with van der Waals surface area (Å²) in [6.07, 6.45) is 11.7. The number of carbonyl (C=O) groups is 1. The first kappa shape index (κ1) is 17.2. The van der Waals surface area contributed by atoms with E-state index in [1.807, 2.05) is 12.1 Å². The van der Waals surface area contributed by atoms with Gasteiger partial charge in [-0.15, -0.1) is 0 Å². The van der Waals surface area contributed by atoms with Gasteiger partial charge in [0, 0.05) is 34.9 Å². The molecule has 2 bridgehead atoms. The largest absolute Gasteiger partial charge is 0.335 e. The average Bonchev–Trinajstić information content (AvgIpc) is 3.10. The van der Waals surface area contributed by atoms with E-state index < -0.39 is 0 Å². The SMILES string of the molecule is O=C(Nc1ccc(Cl)cc1)NC1C[C@@H]2CCC[C@@H](C1)N2C1CCCC1. The predicted octanol–water partition coefficient (Wildman–Crippen LogP) is 4.79. The zero-order chi connectivity index (χ0) is 17.2. The molecule has 25 heavy (non-hydrogen) atoms. The van der Waals surface area contributed by atoms with Gasteiger partial charge in [-0.05, 0) is 62.8 Å². The van der Waals surface area contributed by atoms with Crippen LogP contribution in [-0.4, -0.2) is 35.1 Å². The summed E-state index contributed by atoms with van der Waals surface area (Å²) in [5, 5.41) is 6.82. The molecule has 2 N–H and O–H groups in total. The van der Waals surface area contributed by atoms with Crippen LogP contribution < -0.4 is 10.6 Å². The Balaban J connectivity index is 1.34. The van der Waals surface area contributed by atoms with Crippen molar-refractivity contribution in [3.8, 4) is 0 Å². The van der Waals surface area contributed by atoms with Crippen LogP contribution in [0.25, 0.3) is 0 Å². The quantitative estimate of drug-likeness (QED) is 0.812. The molecule has 0 unspecified atom stereocenters. The maximum Gasteiger partial charge on any atom is 0.319 e. The highest BCUT2D eigenvalue weighted by Gasteiger charge is 2.42. The van der Waals surface area contributed by atoms with Crippen molar-refractivity contribution in [3.05, 3.63) is 29.3 Å². The second-order valence-corrected chi connectivity index (χ2v) is 8.33. The number of rotatable bonds is 3. The van der Waals surface area contributed by atoms with Crippen LogP contribution in [-0.2, 0) is 0 Å². The van der Waals surface area contributed by atoms with Gasteiger partial charge in [0.05, 0.1) is 0 Å². The highest BCUT2D eigenvalue weighted by molar-refractivity contribution is 6.30. The van der Waals surface area contributed by atoms with Crippen LogP contribution in [0.1, 0.15) is 57.8 Å². The maximum absolute atomic E-state index is 12.4. The van der Waals surface area contributed by atoms with Crippen LogP contribution in [0.4, 0.5) is 10.5 Å². The maximum atomic E-state index is 12.4. The first-order valence-electron chi connectivity index (χ1n) is 9.79. The lowest BCUT2D eigenvalue weighted by molar-refractivity contribution is -0.00680. The Hall–Kier alpha value is -1.26. The minimum absolute atomic E-state index is 0.0975. The number of fused-ring (bicyclic) bond motifs is 2. The number of urea groups is 1. The van der Waals surface area contributed by atoms with Gasteiger partial charge in [-0.25, -0.2) is 4.79 Å². The molecule has 1 aromatic rings. The second kappa shape index (κ2) is 7.55. The van der Waals surface area contributed by atoms with Gasteiger partial charge in [-0.1, -0.05) is 30.9 Å². The van der Waals surface area contributed by atoms with Crippen LogP contribution in [0.2, 0.25) is 5.02 Å². The van der Waals surface area contributed by atoms with Crippen LogP contribution in [0.3, 0.4) is 0 Å². The summed E-state index contributed by atoms with van der Waals surface area (Å²) < 4.78 is 0. The molecule has 1 saturated carbocycles. The molecule has 2 heterocycles. The highest BCUT2D eigenvalue weighted by Crippen LogP contribution is 2.39. The number of nitrogens with zero attached hydrogens (tertiary/aromatic N) is 1. The molecule has 2 saturated heterocycles. The van der Waals surface area contributed by atoms with Crippen molar-refractivity contribution in [3.63, 3.8) is 0 Å². The molecule has 4 nitrogen and oxygen atoms in total. The van der Waals surface area contributed by atoms with Crippen LogP contribution >= 0.6 is 11.6 Å². The molecule has 0 radical (unpaired) electrons. The molecule has 3 aliphatic rings. The lowest BCUT2D eigenvalue weighted by Gasteiger charge is -2.51. The molecule has 2 amide bonds. The Bertz CT molecular complexity index is 585. The third-order valence-electron chi connectivity index (χ3n) is 6.21. The van der Waals surface area contributed by atoms with E-state index in [1.54, 1.807) is 12.1 Å². The smallest absolute Gasteiger partial charge is 0.319 e. The Morgan fingerprint density at radius 2 is 1.52 bits per heavy atom. The van der Waals surface area contributed by atoms with Gasteiger partial charge >= 0.3 is 6.03 Å². The van der Waals surface area contributed by atoms with Gasteiger partial charge in [-0.3, -0.25) is 4.90 Å². The van der Waals surface area contributed by atoms with Crippen molar-refractivity contribution in [1.29, 1.82) is 0 Å². The molecule has 2 atom stereocenters. The van der Waals surface area contributed by atoms with E-state index in [0.29, 0.717) is 23.1 Å². The predicted molar refractivity (Wildman–Crippen MR) is 102 cm³/mol. The van der Waals surface area contributed by atoms with Gasteiger partial charge in [-0.2, -0.15) is 0 Å². The fourth-order valence-electron chi connectivity index (χ4n) is 5.22. The van der Waals surface area contributed by atoms with Gasteiger partial charge in [0.25, 0.3) is 0 Å². The Labute approximate surface area is 155 Å². The number of amides is 2. The summed E-state index contributed by atoms with van der Waals surface area (Å²) in [5.41, 5.74) is 0.783. The lowest BCUT2D eigenvalue weighted by atomic mass is 9.80. The summed E-state index contributed by atoms with van der Waals surface area (Å²) in [7, 11) is 0. The molecule has 4 rings (SSSR count). The van der Waals surface area contributed by atoms with Crippen molar-refractivity contribution < 1.29 is 4.79 Å². The molecule has 1 aromatic carbocycles. The standard InChI is InChI=1S/C20H28ClN3O/c21-14-8-10-15(11-9-14)22-20(25)23-16-12-18-6-3-7-19(13-16)24(18)17-4-1-2-5-17/h8-11,16-19H,1-7,12-13H2,(H2,22,23,25)/t18-,19-/m0/s1. The van der Waals surface area contributed by atoms with Crippen molar-refractivity contribution >= 4 is 23.3 Å². The number of carbonyl (C=O) groups excluding carboxylic acids is 1. The summed E-state index contributed by atoms with van der Waals surface area (Å²) in [4.78, 5) is 15.2. The molecular weight excluding hydrogens is 334 g/mol. The van der Waals surface area contributed by atoms with Gasteiger partial charge in [0.1, 0.15) is 0 Å². The number of nitrogens with one attached hydrogen (secondary N) is 2. The fraction of sp³-hybridized carbons (Fsp3) is 0.650. The third-order valence-corrected chi connectivity index (χ3v) is 6.47. The Morgan fingerprint density at radius 1 is 0.920 bits per heavy atom. The molecule has 0 spiro atoms. The van der Waals surface area contributed by atoms with Crippen molar-refractivity contribution in [2.45, 2.75) is 82.0 Å². The molecule has 1 aliphatic carbocycles. The molecule has 3 fully saturated rings. The number of piperidine rings is 2. The lowest BCUT2D eigenvalue weighted by Crippen LogP contribution is -2.59. The number of hydrogen-bond donors (Lipinski definition) is 2. The summed E-state index contributed by atoms with van der Waals surface area (Å²) in [6, 6.07) is 9.58. The van der Waals surface area contributed by atoms with Crippen LogP contribution in [0, 0.1) is 0 Å². The first-order valence-corrected chi connectivity index (χ1v) is 10.2. The highest BCUT2D eigenvalue weighted by atomic mass is 35.5. The van der Waals surface area contributed by atoms with E-state index in [4.69, 9.17) is 11.6 Å². The fourth-order valence-corrected chi connectivity index (χ4v) is 5.35. The summed E-state index contributed by atoms with van der Waals surface area (Å²) in [5.74, 6) is 0. The zero-order valence-corrected chi connectivity index (χ0v) is 15.5.